The summed E-state index contributed by atoms with van der Waals surface area (Å²) in [5.74, 6) is -1.49. The summed E-state index contributed by atoms with van der Waals surface area (Å²) in [5.41, 5.74) is 3.35. The Hall–Kier alpha value is -3.39. The lowest BCUT2D eigenvalue weighted by atomic mass is 10.2. The third-order valence-electron chi connectivity index (χ3n) is 3.91. The number of benzene rings is 2. The van der Waals surface area contributed by atoms with Crippen LogP contribution in [0.3, 0.4) is 0 Å². The molecule has 30 heavy (non-hydrogen) atoms. The first kappa shape index (κ1) is 22.9. The van der Waals surface area contributed by atoms with E-state index < -0.39 is 11.8 Å². The molecular weight excluding hydrogens is 408 g/mol. The number of carbonyl (C=O) groups is 3. The molecule has 0 bridgehead atoms. The van der Waals surface area contributed by atoms with Crippen molar-refractivity contribution in [1.29, 1.82) is 0 Å². The van der Waals surface area contributed by atoms with Gasteiger partial charge in [-0.05, 0) is 49.2 Å². The van der Waals surface area contributed by atoms with Crippen molar-refractivity contribution in [3.8, 4) is 5.75 Å². The van der Waals surface area contributed by atoms with Gasteiger partial charge in [0.05, 0.1) is 6.21 Å². The first-order chi connectivity index (χ1) is 14.4. The Kier molecular flexibility index (Phi) is 8.83. The number of rotatable bonds is 8. The van der Waals surface area contributed by atoms with Crippen LogP contribution in [0.1, 0.15) is 25.8 Å². The Bertz CT molecular complexity index is 933. The Balaban J connectivity index is 1.83. The quantitative estimate of drug-likeness (QED) is 0.340. The highest BCUT2D eigenvalue weighted by Gasteiger charge is 2.14. The van der Waals surface area contributed by atoms with E-state index in [2.05, 4.69) is 21.2 Å². The van der Waals surface area contributed by atoms with Gasteiger partial charge in [-0.3, -0.25) is 14.4 Å². The molecule has 2 aromatic rings. The normalized spacial score (nSPS) is 11.6. The number of carbonyl (C=O) groups excluding carboxylic acids is 3. The minimum atomic E-state index is -0.850. The van der Waals surface area contributed by atoms with E-state index in [4.69, 9.17) is 16.3 Å². The van der Waals surface area contributed by atoms with Crippen molar-refractivity contribution in [2.75, 3.05) is 11.9 Å². The number of amides is 3. The minimum absolute atomic E-state index is 0.0999. The highest BCUT2D eigenvalue weighted by molar-refractivity contribution is 6.35. The van der Waals surface area contributed by atoms with Crippen LogP contribution in [0.4, 0.5) is 5.69 Å². The maximum Gasteiger partial charge on any atom is 0.329 e. The minimum Gasteiger partial charge on any atom is -0.484 e. The predicted molar refractivity (Wildman–Crippen MR) is 116 cm³/mol. The predicted octanol–water partition coefficient (Wildman–Crippen LogP) is 2.72. The fraction of sp³-hybridized carbons (Fsp3) is 0.238. The fourth-order valence-corrected chi connectivity index (χ4v) is 2.39. The van der Waals surface area contributed by atoms with Gasteiger partial charge in [0.15, 0.2) is 6.61 Å². The average molecular weight is 431 g/mol. The van der Waals surface area contributed by atoms with Crippen molar-refractivity contribution >= 4 is 41.2 Å². The number of hydrogen-bond acceptors (Lipinski definition) is 5. The summed E-state index contributed by atoms with van der Waals surface area (Å²) in [7, 11) is 0. The van der Waals surface area contributed by atoms with Gasteiger partial charge in [-0.1, -0.05) is 36.7 Å². The maximum atomic E-state index is 12.0. The van der Waals surface area contributed by atoms with E-state index >= 15 is 0 Å². The zero-order valence-corrected chi connectivity index (χ0v) is 17.4. The topological polar surface area (TPSA) is 109 Å². The standard InChI is InChI=1S/C21H23ClN4O4/c1-3-14(2)24-20(28)21(29)26-23-12-15-6-4-9-18(10-15)30-13-19(27)25-17-8-5-7-16(22)11-17/h4-12,14H,3,13H2,1-2H3,(H,24,28)(H,25,27)(H,26,29)/b23-12-/t14-/m0/s1. The molecule has 9 heteroatoms. The average Bonchev–Trinajstić information content (AvgIpc) is 2.72. The first-order valence-corrected chi connectivity index (χ1v) is 9.67. The van der Waals surface area contributed by atoms with Crippen molar-refractivity contribution in [1.82, 2.24) is 10.7 Å². The number of ether oxygens (including phenoxy) is 1. The molecule has 8 nitrogen and oxygen atoms in total. The second-order valence-corrected chi connectivity index (χ2v) is 6.84. The number of anilines is 1. The molecule has 3 amide bonds. The summed E-state index contributed by atoms with van der Waals surface area (Å²) < 4.78 is 5.47. The van der Waals surface area contributed by atoms with Crippen molar-refractivity contribution < 1.29 is 19.1 Å². The summed E-state index contributed by atoms with van der Waals surface area (Å²) >= 11 is 5.88. The van der Waals surface area contributed by atoms with Gasteiger partial charge in [-0.25, -0.2) is 5.43 Å². The molecule has 0 spiro atoms. The Morgan fingerprint density at radius 2 is 1.90 bits per heavy atom. The number of nitrogens with zero attached hydrogens (tertiary/aromatic N) is 1. The largest absolute Gasteiger partial charge is 0.484 e. The molecule has 2 rings (SSSR count). The lowest BCUT2D eigenvalue weighted by Crippen LogP contribution is -2.41. The van der Waals surface area contributed by atoms with Crippen LogP contribution >= 0.6 is 11.6 Å². The van der Waals surface area contributed by atoms with E-state index in [1.54, 1.807) is 55.5 Å². The molecule has 0 heterocycles. The third kappa shape index (κ3) is 7.92. The van der Waals surface area contributed by atoms with Gasteiger partial charge in [-0.15, -0.1) is 0 Å². The molecule has 0 fully saturated rings. The maximum absolute atomic E-state index is 12.0. The van der Waals surface area contributed by atoms with Crippen molar-refractivity contribution in [3.63, 3.8) is 0 Å². The summed E-state index contributed by atoms with van der Waals surface area (Å²) in [6.45, 7) is 3.51. The molecule has 0 aliphatic carbocycles. The van der Waals surface area contributed by atoms with Crippen LogP contribution in [0.25, 0.3) is 0 Å². The van der Waals surface area contributed by atoms with Crippen molar-refractivity contribution in [2.24, 2.45) is 5.10 Å². The second kappa shape index (κ2) is 11.6. The summed E-state index contributed by atoms with van der Waals surface area (Å²) in [4.78, 5) is 35.3. The fourth-order valence-electron chi connectivity index (χ4n) is 2.20. The number of halogens is 1. The summed E-state index contributed by atoms with van der Waals surface area (Å²) in [6, 6.07) is 13.5. The highest BCUT2D eigenvalue weighted by Crippen LogP contribution is 2.15. The SMILES string of the molecule is CC[C@H](C)NC(=O)C(=O)N/N=C\c1cccc(OCC(=O)Nc2cccc(Cl)c2)c1. The molecule has 0 saturated heterocycles. The molecule has 158 valence electrons. The zero-order chi connectivity index (χ0) is 21.9. The van der Waals surface area contributed by atoms with Gasteiger partial charge < -0.3 is 15.4 Å². The summed E-state index contributed by atoms with van der Waals surface area (Å²) in [6.07, 6.45) is 2.08. The number of hydrazone groups is 1. The molecule has 0 saturated carbocycles. The Morgan fingerprint density at radius 3 is 2.63 bits per heavy atom. The van der Waals surface area contributed by atoms with E-state index in [0.29, 0.717) is 28.4 Å². The van der Waals surface area contributed by atoms with E-state index in [-0.39, 0.29) is 18.6 Å². The van der Waals surface area contributed by atoms with Crippen LogP contribution < -0.4 is 20.8 Å². The molecular formula is C21H23ClN4O4. The number of nitrogens with one attached hydrogen (secondary N) is 3. The van der Waals surface area contributed by atoms with Gasteiger partial charge in [0.2, 0.25) is 0 Å². The van der Waals surface area contributed by atoms with Crippen molar-refractivity contribution in [2.45, 2.75) is 26.3 Å². The molecule has 0 aliphatic heterocycles. The molecule has 1 atom stereocenters. The first-order valence-electron chi connectivity index (χ1n) is 9.29. The smallest absolute Gasteiger partial charge is 0.329 e. The van der Waals surface area contributed by atoms with Gasteiger partial charge in [0.25, 0.3) is 5.91 Å². The Morgan fingerprint density at radius 1 is 1.13 bits per heavy atom. The van der Waals surface area contributed by atoms with Crippen LogP contribution in [-0.2, 0) is 14.4 Å². The van der Waals surface area contributed by atoms with Crippen molar-refractivity contribution in [3.05, 3.63) is 59.1 Å². The molecule has 0 aliphatic rings. The Labute approximate surface area is 179 Å². The molecule has 0 radical (unpaired) electrons. The van der Waals surface area contributed by atoms with Crippen LogP contribution in [0, 0.1) is 0 Å². The molecule has 0 aromatic heterocycles. The zero-order valence-electron chi connectivity index (χ0n) is 16.6. The highest BCUT2D eigenvalue weighted by atomic mass is 35.5. The van der Waals surface area contributed by atoms with Crippen LogP contribution in [-0.4, -0.2) is 36.6 Å². The van der Waals surface area contributed by atoms with E-state index in [0.717, 1.165) is 0 Å². The van der Waals surface area contributed by atoms with Gasteiger partial charge in [0.1, 0.15) is 5.75 Å². The second-order valence-electron chi connectivity index (χ2n) is 6.40. The van der Waals surface area contributed by atoms with Gasteiger partial charge in [0, 0.05) is 16.8 Å². The third-order valence-corrected chi connectivity index (χ3v) is 4.15. The van der Waals surface area contributed by atoms with Crippen LogP contribution in [0.5, 0.6) is 5.75 Å². The molecule has 0 unspecified atom stereocenters. The molecule has 3 N–H and O–H groups in total. The van der Waals surface area contributed by atoms with Gasteiger partial charge >= 0.3 is 11.8 Å². The van der Waals surface area contributed by atoms with E-state index in [9.17, 15) is 14.4 Å². The molecule has 2 aromatic carbocycles. The lowest BCUT2D eigenvalue weighted by molar-refractivity contribution is -0.139. The lowest BCUT2D eigenvalue weighted by Gasteiger charge is -2.09. The summed E-state index contributed by atoms with van der Waals surface area (Å²) in [5, 5.41) is 9.51. The monoisotopic (exact) mass is 430 g/mol. The number of hydrogen-bond donors (Lipinski definition) is 3. The van der Waals surface area contributed by atoms with Crippen LogP contribution in [0.15, 0.2) is 53.6 Å². The van der Waals surface area contributed by atoms with Crippen LogP contribution in [0.2, 0.25) is 5.02 Å². The van der Waals surface area contributed by atoms with E-state index in [1.165, 1.54) is 6.21 Å². The van der Waals surface area contributed by atoms with Gasteiger partial charge in [-0.2, -0.15) is 5.10 Å². The van der Waals surface area contributed by atoms with E-state index in [1.807, 2.05) is 6.92 Å².